The summed E-state index contributed by atoms with van der Waals surface area (Å²) in [7, 11) is 0. The molecular weight excluding hydrogens is 252 g/mol. The molecule has 3 aliphatic carbocycles. The molecule has 0 aromatic heterocycles. The minimum Gasteiger partial charge on any atom is -0.103 e. The van der Waals surface area contributed by atoms with Crippen LogP contribution in [0.1, 0.15) is 37.3 Å². The van der Waals surface area contributed by atoms with Crippen LogP contribution in [-0.4, -0.2) is 0 Å². The summed E-state index contributed by atoms with van der Waals surface area (Å²) in [4.78, 5) is 0. The predicted octanol–water partition coefficient (Wildman–Crippen LogP) is 5.52. The number of benzene rings is 2. The van der Waals surface area contributed by atoms with Crippen LogP contribution in [0.5, 0.6) is 0 Å². The average Bonchev–Trinajstić information content (AvgIpc) is 2.46. The van der Waals surface area contributed by atoms with Gasteiger partial charge in [0.2, 0.25) is 0 Å². The van der Waals surface area contributed by atoms with Crippen molar-refractivity contribution >= 4 is 0 Å². The Morgan fingerprint density at radius 2 is 1.43 bits per heavy atom. The van der Waals surface area contributed by atoms with Gasteiger partial charge in [0.1, 0.15) is 0 Å². The van der Waals surface area contributed by atoms with Gasteiger partial charge >= 0.3 is 0 Å². The lowest BCUT2D eigenvalue weighted by molar-refractivity contribution is -0.0994. The Balaban J connectivity index is 1.55. The highest BCUT2D eigenvalue weighted by Gasteiger charge is 2.66. The largest absolute Gasteiger partial charge is 0.103 e. The van der Waals surface area contributed by atoms with Gasteiger partial charge in [-0.3, -0.25) is 0 Å². The van der Waals surface area contributed by atoms with E-state index in [-0.39, 0.29) is 0 Å². The Morgan fingerprint density at radius 1 is 0.905 bits per heavy atom. The Bertz CT molecular complexity index is 653. The fourth-order valence-corrected chi connectivity index (χ4v) is 4.34. The SMILES string of the molecule is C=CC12CC(c3ccc(-c4ccc(CC)cc4)cc3)(C1)C2. The molecule has 0 heterocycles. The molecule has 0 unspecified atom stereocenters. The van der Waals surface area contributed by atoms with Crippen molar-refractivity contribution in [3.63, 3.8) is 0 Å². The second kappa shape index (κ2) is 4.34. The standard InChI is InChI=1S/C21H22/c1-3-16-5-7-17(8-6-16)18-9-11-19(12-10-18)21-13-20(4-2,14-21)15-21/h4-12H,2-3,13-15H2,1H3. The van der Waals surface area contributed by atoms with Crippen molar-refractivity contribution < 1.29 is 0 Å². The van der Waals surface area contributed by atoms with Gasteiger partial charge in [-0.1, -0.05) is 61.5 Å². The molecule has 0 aliphatic heterocycles. The first kappa shape index (κ1) is 12.9. The summed E-state index contributed by atoms with van der Waals surface area (Å²) in [6.07, 6.45) is 7.22. The summed E-state index contributed by atoms with van der Waals surface area (Å²) in [5, 5.41) is 0. The summed E-state index contributed by atoms with van der Waals surface area (Å²) >= 11 is 0. The Morgan fingerprint density at radius 3 is 1.90 bits per heavy atom. The molecular formula is C21H22. The van der Waals surface area contributed by atoms with E-state index in [1.807, 2.05) is 0 Å². The van der Waals surface area contributed by atoms with E-state index >= 15 is 0 Å². The van der Waals surface area contributed by atoms with Crippen LogP contribution in [0.3, 0.4) is 0 Å². The van der Waals surface area contributed by atoms with E-state index in [0.29, 0.717) is 10.8 Å². The lowest BCUT2D eigenvalue weighted by atomic mass is 9.33. The topological polar surface area (TPSA) is 0 Å². The van der Waals surface area contributed by atoms with Crippen molar-refractivity contribution in [2.75, 3.05) is 0 Å². The molecule has 5 rings (SSSR count). The fraction of sp³-hybridized carbons (Fsp3) is 0.333. The Labute approximate surface area is 127 Å². The van der Waals surface area contributed by atoms with Crippen molar-refractivity contribution in [1.29, 1.82) is 0 Å². The van der Waals surface area contributed by atoms with Gasteiger partial charge in [-0.25, -0.2) is 0 Å². The summed E-state index contributed by atoms with van der Waals surface area (Å²) < 4.78 is 0. The van der Waals surface area contributed by atoms with Gasteiger partial charge < -0.3 is 0 Å². The van der Waals surface area contributed by atoms with Crippen molar-refractivity contribution in [2.45, 2.75) is 38.0 Å². The number of rotatable bonds is 4. The van der Waals surface area contributed by atoms with Gasteiger partial charge in [0.15, 0.2) is 0 Å². The van der Waals surface area contributed by atoms with Gasteiger partial charge in [-0.05, 0) is 58.8 Å². The van der Waals surface area contributed by atoms with Crippen molar-refractivity contribution in [3.05, 3.63) is 72.3 Å². The van der Waals surface area contributed by atoms with Gasteiger partial charge in [0, 0.05) is 0 Å². The Hall–Kier alpha value is -1.82. The summed E-state index contributed by atoms with van der Waals surface area (Å²) in [5.41, 5.74) is 6.55. The first-order valence-electron chi connectivity index (χ1n) is 8.02. The van der Waals surface area contributed by atoms with Crippen molar-refractivity contribution in [2.24, 2.45) is 5.41 Å². The Kier molecular flexibility index (Phi) is 2.66. The second-order valence-corrected chi connectivity index (χ2v) is 7.00. The molecule has 3 fully saturated rings. The van der Waals surface area contributed by atoms with Gasteiger partial charge in [-0.2, -0.15) is 0 Å². The maximum atomic E-state index is 3.98. The highest BCUT2D eigenvalue weighted by Crippen LogP contribution is 2.74. The van der Waals surface area contributed by atoms with E-state index in [2.05, 4.69) is 68.1 Å². The van der Waals surface area contributed by atoms with Crippen molar-refractivity contribution in [1.82, 2.24) is 0 Å². The molecule has 0 N–H and O–H groups in total. The number of hydrogen-bond acceptors (Lipinski definition) is 0. The molecule has 0 heteroatoms. The highest BCUT2D eigenvalue weighted by atomic mass is 14.7. The molecule has 2 bridgehead atoms. The third kappa shape index (κ3) is 1.82. The first-order chi connectivity index (χ1) is 10.2. The predicted molar refractivity (Wildman–Crippen MR) is 89.4 cm³/mol. The van der Waals surface area contributed by atoms with Crippen LogP contribution < -0.4 is 0 Å². The summed E-state index contributed by atoms with van der Waals surface area (Å²) in [5.74, 6) is 0. The minimum absolute atomic E-state index is 0.485. The molecule has 3 saturated carbocycles. The smallest absolute Gasteiger partial charge is 0.00222 e. The molecule has 3 aliphatic rings. The van der Waals surface area contributed by atoms with E-state index in [9.17, 15) is 0 Å². The normalized spacial score (nSPS) is 29.4. The molecule has 0 radical (unpaired) electrons. The van der Waals surface area contributed by atoms with Crippen LogP contribution >= 0.6 is 0 Å². The maximum absolute atomic E-state index is 3.98. The zero-order valence-corrected chi connectivity index (χ0v) is 12.7. The molecule has 21 heavy (non-hydrogen) atoms. The van der Waals surface area contributed by atoms with Crippen LogP contribution in [-0.2, 0) is 11.8 Å². The molecule has 0 amide bonds. The van der Waals surface area contributed by atoms with Crippen LogP contribution in [0.25, 0.3) is 11.1 Å². The van der Waals surface area contributed by atoms with E-state index in [4.69, 9.17) is 0 Å². The molecule has 106 valence electrons. The summed E-state index contributed by atoms with van der Waals surface area (Å²) in [6.45, 7) is 6.18. The van der Waals surface area contributed by atoms with Gasteiger partial charge in [0.25, 0.3) is 0 Å². The monoisotopic (exact) mass is 274 g/mol. The zero-order valence-electron chi connectivity index (χ0n) is 12.7. The lowest BCUT2D eigenvalue weighted by Gasteiger charge is -2.70. The molecule has 0 nitrogen and oxygen atoms in total. The summed E-state index contributed by atoms with van der Waals surface area (Å²) in [6, 6.07) is 18.2. The van der Waals surface area contributed by atoms with Crippen LogP contribution in [0, 0.1) is 5.41 Å². The third-order valence-electron chi connectivity index (χ3n) is 5.70. The van der Waals surface area contributed by atoms with Crippen molar-refractivity contribution in [3.8, 4) is 11.1 Å². The van der Waals surface area contributed by atoms with Crippen LogP contribution in [0.2, 0.25) is 0 Å². The van der Waals surface area contributed by atoms with Crippen LogP contribution in [0.15, 0.2) is 61.2 Å². The van der Waals surface area contributed by atoms with E-state index in [0.717, 1.165) is 6.42 Å². The highest BCUT2D eigenvalue weighted by molar-refractivity contribution is 5.64. The third-order valence-corrected chi connectivity index (χ3v) is 5.70. The zero-order chi connectivity index (χ0) is 14.5. The molecule has 0 atom stereocenters. The number of hydrogen-bond donors (Lipinski definition) is 0. The molecule has 2 aromatic carbocycles. The fourth-order valence-electron chi connectivity index (χ4n) is 4.34. The van der Waals surface area contributed by atoms with Gasteiger partial charge in [0.05, 0.1) is 0 Å². The van der Waals surface area contributed by atoms with Gasteiger partial charge in [-0.15, -0.1) is 6.58 Å². The number of aryl methyl sites for hydroxylation is 1. The molecule has 0 spiro atoms. The quantitative estimate of drug-likeness (QED) is 0.644. The average molecular weight is 274 g/mol. The second-order valence-electron chi connectivity index (χ2n) is 7.00. The van der Waals surface area contributed by atoms with E-state index in [1.54, 1.807) is 0 Å². The first-order valence-corrected chi connectivity index (χ1v) is 8.02. The lowest BCUT2D eigenvalue weighted by Crippen LogP contribution is -2.63. The maximum Gasteiger partial charge on any atom is -0.00222 e. The minimum atomic E-state index is 0.485. The molecule has 2 aromatic rings. The van der Waals surface area contributed by atoms with E-state index in [1.165, 1.54) is 41.5 Å². The molecule has 0 saturated heterocycles. The number of allylic oxidation sites excluding steroid dienone is 1. The van der Waals surface area contributed by atoms with E-state index < -0.39 is 0 Å². The van der Waals surface area contributed by atoms with Crippen LogP contribution in [0.4, 0.5) is 0 Å².